The molecular weight excluding hydrogens is 224 g/mol. The molecule has 7 heteroatoms. The van der Waals surface area contributed by atoms with Crippen molar-refractivity contribution in [1.82, 2.24) is 0 Å². The molecule has 0 spiro atoms. The van der Waals surface area contributed by atoms with E-state index in [9.17, 15) is 26.3 Å². The highest BCUT2D eigenvalue weighted by atomic mass is 19.4. The van der Waals surface area contributed by atoms with Crippen molar-refractivity contribution in [3.63, 3.8) is 0 Å². The van der Waals surface area contributed by atoms with Crippen LogP contribution in [0.3, 0.4) is 0 Å². The van der Waals surface area contributed by atoms with E-state index >= 15 is 0 Å². The Morgan fingerprint density at radius 2 is 1.33 bits per heavy atom. The van der Waals surface area contributed by atoms with Crippen LogP contribution in [0, 0.1) is 0 Å². The van der Waals surface area contributed by atoms with Crippen molar-refractivity contribution in [2.45, 2.75) is 26.1 Å². The Labute approximate surface area is 84.3 Å². The second-order valence-electron chi connectivity index (χ2n) is 3.23. The van der Waals surface area contributed by atoms with Gasteiger partial charge in [0, 0.05) is 0 Å². The molecule has 0 unspecified atom stereocenters. The van der Waals surface area contributed by atoms with Gasteiger partial charge in [0.05, 0.1) is 13.1 Å². The zero-order valence-electron chi connectivity index (χ0n) is 8.54. The smallest absolute Gasteiger partial charge is 0.253 e. The normalized spacial score (nSPS) is 14.4. The third-order valence-corrected chi connectivity index (χ3v) is 2.66. The monoisotopic (exact) mass is 238 g/mol. The number of hydrogen-bond donors (Lipinski definition) is 0. The number of halogens is 6. The Bertz CT molecular complexity index is 196. The fourth-order valence-electron chi connectivity index (χ4n) is 1.51. The number of alkyl halides is 6. The third kappa shape index (κ3) is 2.38. The summed E-state index contributed by atoms with van der Waals surface area (Å²) in [6.07, 6.45) is -5.64. The van der Waals surface area contributed by atoms with Crippen LogP contribution in [-0.2, 0) is 0 Å². The molecule has 0 atom stereocenters. The summed E-state index contributed by atoms with van der Waals surface area (Å²) in [6, 6.07) is -4.90. The lowest BCUT2D eigenvalue weighted by Crippen LogP contribution is -2.66. The lowest BCUT2D eigenvalue weighted by Gasteiger charge is -2.41. The second-order valence-corrected chi connectivity index (χ2v) is 3.23. The minimum absolute atomic E-state index is 0.465. The Morgan fingerprint density at radius 3 is 1.53 bits per heavy atom. The summed E-state index contributed by atoms with van der Waals surface area (Å²) in [5, 5.41) is 0. The average molecular weight is 238 g/mol. The van der Waals surface area contributed by atoms with Crippen molar-refractivity contribution in [2.75, 3.05) is 26.3 Å². The number of nitrogens with zero attached hydrogens (tertiary/aromatic N) is 1. The van der Waals surface area contributed by atoms with Gasteiger partial charge in [0.1, 0.15) is 13.2 Å². The average Bonchev–Trinajstić information content (AvgIpc) is 2.12. The van der Waals surface area contributed by atoms with Gasteiger partial charge in [-0.05, 0) is 13.8 Å². The van der Waals surface area contributed by atoms with Gasteiger partial charge in [0.2, 0.25) is 0 Å². The topological polar surface area (TPSA) is 0 Å². The predicted octanol–water partition coefficient (Wildman–Crippen LogP) is 2.97. The molecule has 0 fully saturated rings. The predicted molar refractivity (Wildman–Crippen MR) is 43.2 cm³/mol. The fraction of sp³-hybridized carbons (Fsp3) is 1.00. The summed E-state index contributed by atoms with van der Waals surface area (Å²) in [5.41, 5.74) is 0. The molecule has 0 rings (SSSR count). The molecular formula is C8H14F6N+. The molecule has 1 nitrogen and oxygen atoms in total. The van der Waals surface area contributed by atoms with Gasteiger partial charge in [0.25, 0.3) is 0 Å². The SMILES string of the molecule is CC[N+](CC)(CCF)C(F)(F)C(F)(F)F. The van der Waals surface area contributed by atoms with Gasteiger partial charge >= 0.3 is 12.2 Å². The minimum Gasteiger partial charge on any atom is -0.253 e. The van der Waals surface area contributed by atoms with Gasteiger partial charge in [-0.3, -0.25) is 4.48 Å². The van der Waals surface area contributed by atoms with Crippen LogP contribution in [0.1, 0.15) is 13.8 Å². The van der Waals surface area contributed by atoms with E-state index in [2.05, 4.69) is 0 Å². The lowest BCUT2D eigenvalue weighted by molar-refractivity contribution is -1.02. The molecule has 0 aliphatic rings. The van der Waals surface area contributed by atoms with Crippen LogP contribution >= 0.6 is 0 Å². The van der Waals surface area contributed by atoms with Crippen LogP contribution in [0.5, 0.6) is 0 Å². The summed E-state index contributed by atoms with van der Waals surface area (Å²) >= 11 is 0. The van der Waals surface area contributed by atoms with E-state index in [0.29, 0.717) is 0 Å². The minimum atomic E-state index is -5.64. The van der Waals surface area contributed by atoms with Crippen LogP contribution in [0.4, 0.5) is 26.3 Å². The standard InChI is InChI=1S/C8H14F6N/c1-3-15(4-2,6-5-9)8(13,14)7(10,11)12/h3-6H2,1-2H3/q+1. The largest absolute Gasteiger partial charge is 0.515 e. The maximum Gasteiger partial charge on any atom is 0.515 e. The maximum absolute atomic E-state index is 13.1. The summed E-state index contributed by atoms with van der Waals surface area (Å²) in [6.45, 7) is -0.579. The zero-order valence-corrected chi connectivity index (χ0v) is 8.54. The molecule has 0 N–H and O–H groups in total. The molecule has 0 aromatic heterocycles. The first-order valence-corrected chi connectivity index (χ1v) is 4.55. The van der Waals surface area contributed by atoms with Crippen molar-refractivity contribution < 1.29 is 30.8 Å². The molecule has 0 bridgehead atoms. The first kappa shape index (κ1) is 14.5. The molecule has 0 saturated heterocycles. The van der Waals surface area contributed by atoms with E-state index in [-0.39, 0.29) is 0 Å². The van der Waals surface area contributed by atoms with Gasteiger partial charge in [-0.1, -0.05) is 0 Å². The molecule has 0 amide bonds. The highest BCUT2D eigenvalue weighted by Gasteiger charge is 2.71. The van der Waals surface area contributed by atoms with Crippen molar-refractivity contribution in [3.05, 3.63) is 0 Å². The molecule has 0 aromatic rings. The summed E-state index contributed by atoms with van der Waals surface area (Å²) in [7, 11) is 0. The second kappa shape index (κ2) is 4.59. The van der Waals surface area contributed by atoms with E-state index in [0.717, 1.165) is 0 Å². The Balaban J connectivity index is 5.22. The molecule has 92 valence electrons. The molecule has 0 saturated carbocycles. The fourth-order valence-corrected chi connectivity index (χ4v) is 1.51. The van der Waals surface area contributed by atoms with Gasteiger partial charge in [0.15, 0.2) is 0 Å². The Kier molecular flexibility index (Phi) is 4.45. The quantitative estimate of drug-likeness (QED) is 0.392. The number of quaternary nitrogens is 1. The molecule has 0 aromatic carbocycles. The summed E-state index contributed by atoms with van der Waals surface area (Å²) < 4.78 is 73.1. The van der Waals surface area contributed by atoms with E-state index < -0.39 is 43.0 Å². The zero-order chi connectivity index (χ0) is 12.3. The summed E-state index contributed by atoms with van der Waals surface area (Å²) in [4.78, 5) is 0. The first-order chi connectivity index (χ1) is 6.68. The van der Waals surface area contributed by atoms with Crippen LogP contribution in [0.25, 0.3) is 0 Å². The van der Waals surface area contributed by atoms with Gasteiger partial charge in [-0.15, -0.1) is 8.78 Å². The van der Waals surface area contributed by atoms with Crippen molar-refractivity contribution in [3.8, 4) is 0 Å². The molecule has 0 aliphatic carbocycles. The highest BCUT2D eigenvalue weighted by Crippen LogP contribution is 2.42. The molecule has 0 heterocycles. The molecule has 0 aliphatic heterocycles. The third-order valence-electron chi connectivity index (χ3n) is 2.66. The van der Waals surface area contributed by atoms with Crippen molar-refractivity contribution in [1.29, 1.82) is 0 Å². The first-order valence-electron chi connectivity index (χ1n) is 4.55. The van der Waals surface area contributed by atoms with E-state index in [1.54, 1.807) is 0 Å². The van der Waals surface area contributed by atoms with E-state index in [1.807, 2.05) is 0 Å². The van der Waals surface area contributed by atoms with Crippen molar-refractivity contribution in [2.24, 2.45) is 0 Å². The maximum atomic E-state index is 13.1. The Morgan fingerprint density at radius 1 is 0.933 bits per heavy atom. The lowest BCUT2D eigenvalue weighted by atomic mass is 10.3. The van der Waals surface area contributed by atoms with Gasteiger partial charge < -0.3 is 0 Å². The van der Waals surface area contributed by atoms with E-state index in [1.165, 1.54) is 13.8 Å². The van der Waals surface area contributed by atoms with Crippen LogP contribution in [-0.4, -0.2) is 43.0 Å². The highest BCUT2D eigenvalue weighted by molar-refractivity contribution is 4.67. The van der Waals surface area contributed by atoms with Crippen LogP contribution in [0.15, 0.2) is 0 Å². The Hall–Kier alpha value is -0.460. The van der Waals surface area contributed by atoms with E-state index in [4.69, 9.17) is 0 Å². The molecule has 0 radical (unpaired) electrons. The van der Waals surface area contributed by atoms with Gasteiger partial charge in [-0.2, -0.15) is 13.2 Å². The molecule has 15 heavy (non-hydrogen) atoms. The summed E-state index contributed by atoms with van der Waals surface area (Å²) in [5.74, 6) is 0. The van der Waals surface area contributed by atoms with Crippen LogP contribution < -0.4 is 0 Å². The number of hydrogen-bond acceptors (Lipinski definition) is 0. The van der Waals surface area contributed by atoms with Gasteiger partial charge in [-0.25, -0.2) is 4.39 Å². The van der Waals surface area contributed by atoms with Crippen molar-refractivity contribution >= 4 is 0 Å². The van der Waals surface area contributed by atoms with Crippen LogP contribution in [0.2, 0.25) is 0 Å². The number of rotatable bonds is 5.